The number of fused-ring (bicyclic) bond motifs is 5. The van der Waals surface area contributed by atoms with E-state index >= 15 is 0 Å². The fourth-order valence-electron chi connectivity index (χ4n) is 2.72. The molecular weight excluding hydrogens is 224 g/mol. The maximum absolute atomic E-state index is 5.82. The van der Waals surface area contributed by atoms with Crippen molar-refractivity contribution in [3.05, 3.63) is 41.2 Å². The van der Waals surface area contributed by atoms with Gasteiger partial charge in [-0.2, -0.15) is 0 Å². The molecule has 90 valence electrons. The number of rotatable bonds is 0. The summed E-state index contributed by atoms with van der Waals surface area (Å²) in [4.78, 5) is 4.81. The fourth-order valence-corrected chi connectivity index (χ4v) is 2.72. The number of imidazole rings is 1. The molecule has 3 nitrogen and oxygen atoms in total. The number of benzene rings is 1. The number of aryl methyl sites for hydroxylation is 2. The number of ether oxygens (including phenoxy) is 1. The molecule has 18 heavy (non-hydrogen) atoms. The largest absolute Gasteiger partial charge is 0.472 e. The second-order valence-corrected chi connectivity index (χ2v) is 4.91. The van der Waals surface area contributed by atoms with Gasteiger partial charge in [-0.25, -0.2) is 4.98 Å². The zero-order chi connectivity index (χ0) is 12.1. The molecular formula is C15H14N2O. The molecule has 0 fully saturated rings. The van der Waals surface area contributed by atoms with Gasteiger partial charge >= 0.3 is 0 Å². The van der Waals surface area contributed by atoms with Crippen LogP contribution in [-0.2, 0) is 13.2 Å². The summed E-state index contributed by atoms with van der Waals surface area (Å²) >= 11 is 0. The molecule has 0 unspecified atom stereocenters. The van der Waals surface area contributed by atoms with Gasteiger partial charge in [-0.15, -0.1) is 0 Å². The summed E-state index contributed by atoms with van der Waals surface area (Å²) in [6, 6.07) is 6.28. The average Bonchev–Trinajstić information content (AvgIpc) is 2.78. The third-order valence-corrected chi connectivity index (χ3v) is 3.63. The summed E-state index contributed by atoms with van der Waals surface area (Å²) in [7, 11) is 0. The Morgan fingerprint density at radius 2 is 2.28 bits per heavy atom. The third-order valence-electron chi connectivity index (χ3n) is 3.63. The van der Waals surface area contributed by atoms with Crippen molar-refractivity contribution >= 4 is 6.08 Å². The maximum Gasteiger partial charge on any atom is 0.166 e. The van der Waals surface area contributed by atoms with Crippen molar-refractivity contribution < 1.29 is 4.74 Å². The van der Waals surface area contributed by atoms with Crippen molar-refractivity contribution in [3.8, 4) is 17.1 Å². The lowest BCUT2D eigenvalue weighted by Gasteiger charge is -2.20. The second kappa shape index (κ2) is 3.48. The summed E-state index contributed by atoms with van der Waals surface area (Å²) in [5.41, 5.74) is 4.76. The van der Waals surface area contributed by atoms with E-state index in [-0.39, 0.29) is 0 Å². The Balaban J connectivity index is 1.99. The summed E-state index contributed by atoms with van der Waals surface area (Å²) in [5, 5.41) is 0. The summed E-state index contributed by atoms with van der Waals surface area (Å²) in [6.45, 7) is 2.67. The molecule has 1 aromatic carbocycles. The standard InChI is InChI=1S/C15H14N2O/c1-10-6-7-14-11(8-10)15-16-12-4-2-3-5-13(12)17(15)9-18-14/h3,5-8H,2,4,9H2,1H3. The van der Waals surface area contributed by atoms with Crippen molar-refractivity contribution in [3.63, 3.8) is 0 Å². The van der Waals surface area contributed by atoms with Gasteiger partial charge in [0, 0.05) is 0 Å². The monoisotopic (exact) mass is 238 g/mol. The highest BCUT2D eigenvalue weighted by Crippen LogP contribution is 2.37. The quantitative estimate of drug-likeness (QED) is 0.705. The first kappa shape index (κ1) is 9.95. The number of allylic oxidation sites excluding steroid dienone is 1. The van der Waals surface area contributed by atoms with Crippen molar-refractivity contribution in [2.45, 2.75) is 26.5 Å². The number of aromatic nitrogens is 2. The van der Waals surface area contributed by atoms with Gasteiger partial charge in [-0.05, 0) is 38.0 Å². The molecule has 1 aromatic heterocycles. The maximum atomic E-state index is 5.82. The minimum atomic E-state index is 0.568. The molecule has 0 bridgehead atoms. The Hall–Kier alpha value is -2.03. The molecule has 0 saturated heterocycles. The Kier molecular flexibility index (Phi) is 1.92. The van der Waals surface area contributed by atoms with E-state index in [0.717, 1.165) is 30.0 Å². The molecule has 2 aliphatic rings. The van der Waals surface area contributed by atoms with E-state index in [2.05, 4.69) is 35.8 Å². The summed E-state index contributed by atoms with van der Waals surface area (Å²) < 4.78 is 7.99. The van der Waals surface area contributed by atoms with Crippen LogP contribution >= 0.6 is 0 Å². The van der Waals surface area contributed by atoms with E-state index in [1.54, 1.807) is 0 Å². The van der Waals surface area contributed by atoms with Crippen molar-refractivity contribution in [1.29, 1.82) is 0 Å². The Labute approximate surface area is 106 Å². The van der Waals surface area contributed by atoms with E-state index in [1.807, 2.05) is 6.07 Å². The molecule has 3 heteroatoms. The Morgan fingerprint density at radius 1 is 1.33 bits per heavy atom. The van der Waals surface area contributed by atoms with Crippen LogP contribution in [0.2, 0.25) is 0 Å². The van der Waals surface area contributed by atoms with Gasteiger partial charge in [0.25, 0.3) is 0 Å². The van der Waals surface area contributed by atoms with E-state index in [9.17, 15) is 0 Å². The molecule has 4 rings (SSSR count). The zero-order valence-corrected chi connectivity index (χ0v) is 10.3. The van der Waals surface area contributed by atoms with Crippen LogP contribution in [0.5, 0.6) is 5.75 Å². The lowest BCUT2D eigenvalue weighted by Crippen LogP contribution is -2.14. The molecule has 2 heterocycles. The van der Waals surface area contributed by atoms with Crippen LogP contribution in [0.15, 0.2) is 24.3 Å². The molecule has 2 aromatic rings. The lowest BCUT2D eigenvalue weighted by atomic mass is 10.1. The molecule has 0 N–H and O–H groups in total. The van der Waals surface area contributed by atoms with Crippen LogP contribution < -0.4 is 4.74 Å². The van der Waals surface area contributed by atoms with Crippen molar-refractivity contribution in [2.24, 2.45) is 0 Å². The topological polar surface area (TPSA) is 27.1 Å². The predicted octanol–water partition coefficient (Wildman–Crippen LogP) is 3.17. The SMILES string of the molecule is Cc1ccc2c(c1)-c1nc3c(n1CO2)C=CCC3. The zero-order valence-electron chi connectivity index (χ0n) is 10.3. The molecule has 0 saturated carbocycles. The molecule has 1 aliphatic heterocycles. The minimum Gasteiger partial charge on any atom is -0.472 e. The number of hydrogen-bond donors (Lipinski definition) is 0. The van der Waals surface area contributed by atoms with E-state index in [1.165, 1.54) is 17.0 Å². The second-order valence-electron chi connectivity index (χ2n) is 4.91. The first-order valence-electron chi connectivity index (χ1n) is 6.33. The van der Waals surface area contributed by atoms with Gasteiger partial charge in [0.1, 0.15) is 11.6 Å². The highest BCUT2D eigenvalue weighted by atomic mass is 16.5. The van der Waals surface area contributed by atoms with Crippen LogP contribution in [0.1, 0.15) is 23.4 Å². The number of hydrogen-bond acceptors (Lipinski definition) is 2. The predicted molar refractivity (Wildman–Crippen MR) is 70.4 cm³/mol. The summed E-state index contributed by atoms with van der Waals surface area (Å²) in [5.74, 6) is 2.00. The van der Waals surface area contributed by atoms with Crippen LogP contribution in [0, 0.1) is 6.92 Å². The smallest absolute Gasteiger partial charge is 0.166 e. The third kappa shape index (κ3) is 1.27. The van der Waals surface area contributed by atoms with Gasteiger partial charge in [0.15, 0.2) is 6.73 Å². The fraction of sp³-hybridized carbons (Fsp3) is 0.267. The first-order valence-corrected chi connectivity index (χ1v) is 6.33. The van der Waals surface area contributed by atoms with E-state index in [0.29, 0.717) is 6.73 Å². The van der Waals surface area contributed by atoms with Crippen LogP contribution in [0.3, 0.4) is 0 Å². The van der Waals surface area contributed by atoms with Crippen LogP contribution in [0.4, 0.5) is 0 Å². The molecule has 0 spiro atoms. The highest BCUT2D eigenvalue weighted by Gasteiger charge is 2.24. The highest BCUT2D eigenvalue weighted by molar-refractivity contribution is 5.70. The van der Waals surface area contributed by atoms with Crippen molar-refractivity contribution in [1.82, 2.24) is 9.55 Å². The molecule has 0 amide bonds. The minimum absolute atomic E-state index is 0.568. The molecule has 1 aliphatic carbocycles. The van der Waals surface area contributed by atoms with E-state index < -0.39 is 0 Å². The van der Waals surface area contributed by atoms with E-state index in [4.69, 9.17) is 9.72 Å². The Morgan fingerprint density at radius 3 is 3.22 bits per heavy atom. The average molecular weight is 238 g/mol. The van der Waals surface area contributed by atoms with Gasteiger partial charge < -0.3 is 4.74 Å². The molecule has 0 atom stereocenters. The normalized spacial score (nSPS) is 15.6. The number of nitrogens with zero attached hydrogens (tertiary/aromatic N) is 2. The van der Waals surface area contributed by atoms with Gasteiger partial charge in [-0.3, -0.25) is 4.57 Å². The van der Waals surface area contributed by atoms with Crippen LogP contribution in [-0.4, -0.2) is 9.55 Å². The van der Waals surface area contributed by atoms with Crippen LogP contribution in [0.25, 0.3) is 17.5 Å². The van der Waals surface area contributed by atoms with Gasteiger partial charge in [0.2, 0.25) is 0 Å². The Bertz CT molecular complexity index is 667. The molecule has 0 radical (unpaired) electrons. The summed E-state index contributed by atoms with van der Waals surface area (Å²) in [6.07, 6.45) is 6.50. The van der Waals surface area contributed by atoms with Gasteiger partial charge in [-0.1, -0.05) is 17.7 Å². The first-order chi connectivity index (χ1) is 8.83. The van der Waals surface area contributed by atoms with Crippen molar-refractivity contribution in [2.75, 3.05) is 0 Å². The van der Waals surface area contributed by atoms with Gasteiger partial charge in [0.05, 0.1) is 17.0 Å². The lowest BCUT2D eigenvalue weighted by molar-refractivity contribution is 0.229.